The number of hydrogen-bond donors (Lipinski definition) is 1. The minimum Gasteiger partial charge on any atom is -0.382 e. The van der Waals surface area contributed by atoms with Crippen LogP contribution in [0, 0.1) is 5.82 Å². The second-order valence-corrected chi connectivity index (χ2v) is 6.70. The van der Waals surface area contributed by atoms with E-state index in [4.69, 9.17) is 11.6 Å². The lowest BCUT2D eigenvalue weighted by Gasteiger charge is -2.39. The molecule has 0 amide bonds. The Morgan fingerprint density at radius 2 is 2.09 bits per heavy atom. The number of halogens is 5. The monoisotopic (exact) mass is 409 g/mol. The van der Waals surface area contributed by atoms with E-state index in [-0.39, 0.29) is 34.1 Å². The van der Waals surface area contributed by atoms with Crippen molar-refractivity contribution in [2.45, 2.75) is 24.9 Å². The zero-order valence-electron chi connectivity index (χ0n) is 11.7. The van der Waals surface area contributed by atoms with Gasteiger partial charge < -0.3 is 10.0 Å². The minimum atomic E-state index is -2.88. The fourth-order valence-corrected chi connectivity index (χ4v) is 3.24. The number of alkyl halides is 2. The number of aromatic nitrogens is 2. The van der Waals surface area contributed by atoms with Crippen LogP contribution in [-0.2, 0) is 0 Å². The number of hydrogen-bond acceptors (Lipinski definition) is 4. The van der Waals surface area contributed by atoms with Gasteiger partial charge in [-0.05, 0) is 52.5 Å². The molecule has 124 valence electrons. The number of nitrogens with zero attached hydrogens (tertiary/aromatic N) is 3. The highest BCUT2D eigenvalue weighted by Crippen LogP contribution is 2.35. The predicted molar refractivity (Wildman–Crippen MR) is 84.6 cm³/mol. The van der Waals surface area contributed by atoms with Gasteiger partial charge >= 0.3 is 0 Å². The number of fused-ring (bicyclic) bond motifs is 1. The van der Waals surface area contributed by atoms with Crippen LogP contribution in [0.3, 0.4) is 0 Å². The van der Waals surface area contributed by atoms with Crippen LogP contribution in [0.25, 0.3) is 10.9 Å². The molecule has 2 heterocycles. The van der Waals surface area contributed by atoms with Crippen LogP contribution >= 0.6 is 27.5 Å². The molecule has 23 heavy (non-hydrogen) atoms. The number of anilines is 1. The van der Waals surface area contributed by atoms with Crippen LogP contribution < -0.4 is 4.90 Å². The van der Waals surface area contributed by atoms with E-state index in [0.29, 0.717) is 18.4 Å². The van der Waals surface area contributed by atoms with Crippen LogP contribution in [-0.4, -0.2) is 40.2 Å². The SMILES string of the molecule is OC1(C(F)F)CCCN(c2nc(Cl)nc3c(F)c(Br)ccc23)C1. The summed E-state index contributed by atoms with van der Waals surface area (Å²) in [7, 11) is 0. The molecule has 1 N–H and O–H groups in total. The first-order valence-electron chi connectivity index (χ1n) is 6.88. The second-order valence-electron chi connectivity index (χ2n) is 5.50. The van der Waals surface area contributed by atoms with Crippen molar-refractivity contribution in [3.05, 3.63) is 27.7 Å². The van der Waals surface area contributed by atoms with Crippen molar-refractivity contribution in [3.8, 4) is 0 Å². The molecule has 1 saturated heterocycles. The summed E-state index contributed by atoms with van der Waals surface area (Å²) in [5.41, 5.74) is -2.11. The highest BCUT2D eigenvalue weighted by atomic mass is 79.9. The van der Waals surface area contributed by atoms with Crippen LogP contribution in [0.5, 0.6) is 0 Å². The average Bonchev–Trinajstić information content (AvgIpc) is 2.50. The predicted octanol–water partition coefficient (Wildman–Crippen LogP) is 3.78. The molecule has 1 aromatic heterocycles. The Bertz CT molecular complexity index is 764. The molecule has 0 saturated carbocycles. The third-order valence-electron chi connectivity index (χ3n) is 3.92. The van der Waals surface area contributed by atoms with Crippen molar-refractivity contribution >= 4 is 44.3 Å². The van der Waals surface area contributed by atoms with E-state index >= 15 is 0 Å². The van der Waals surface area contributed by atoms with Crippen LogP contribution in [0.2, 0.25) is 5.28 Å². The highest BCUT2D eigenvalue weighted by molar-refractivity contribution is 9.10. The normalized spacial score (nSPS) is 22.1. The molecule has 0 radical (unpaired) electrons. The summed E-state index contributed by atoms with van der Waals surface area (Å²) in [6.45, 7) is 0.111. The van der Waals surface area contributed by atoms with Crippen LogP contribution in [0.1, 0.15) is 12.8 Å². The summed E-state index contributed by atoms with van der Waals surface area (Å²) >= 11 is 8.93. The molecule has 9 heteroatoms. The summed E-state index contributed by atoms with van der Waals surface area (Å²) in [6.07, 6.45) is -2.51. The summed E-state index contributed by atoms with van der Waals surface area (Å²) in [6, 6.07) is 3.08. The first-order chi connectivity index (χ1) is 10.8. The van der Waals surface area contributed by atoms with Crippen molar-refractivity contribution in [1.82, 2.24) is 9.97 Å². The number of rotatable bonds is 2. The van der Waals surface area contributed by atoms with E-state index in [0.717, 1.165) is 0 Å². The molecular weight excluding hydrogens is 399 g/mol. The van der Waals surface area contributed by atoms with Crippen molar-refractivity contribution < 1.29 is 18.3 Å². The summed E-state index contributed by atoms with van der Waals surface area (Å²) < 4.78 is 40.6. The number of benzene rings is 1. The van der Waals surface area contributed by atoms with E-state index in [1.54, 1.807) is 6.07 Å². The third kappa shape index (κ3) is 2.99. The first kappa shape index (κ1) is 16.7. The molecule has 1 aliphatic heterocycles. The maximum atomic E-state index is 14.2. The molecule has 1 atom stereocenters. The fraction of sp³-hybridized carbons (Fsp3) is 0.429. The second kappa shape index (κ2) is 6.07. The van der Waals surface area contributed by atoms with Gasteiger partial charge in [0.05, 0.1) is 11.0 Å². The molecule has 1 fully saturated rings. The van der Waals surface area contributed by atoms with Gasteiger partial charge in [0.25, 0.3) is 6.43 Å². The van der Waals surface area contributed by atoms with Crippen molar-refractivity contribution in [2.24, 2.45) is 0 Å². The van der Waals surface area contributed by atoms with Gasteiger partial charge in [-0.1, -0.05) is 0 Å². The largest absolute Gasteiger partial charge is 0.382 e. The quantitative estimate of drug-likeness (QED) is 0.766. The number of β-amino-alcohol motifs (C(OH)–C–C–N with tert-alkyl or cyclic N) is 1. The summed E-state index contributed by atoms with van der Waals surface area (Å²) in [5, 5.41) is 10.2. The molecule has 4 nitrogen and oxygen atoms in total. The van der Waals surface area contributed by atoms with E-state index in [9.17, 15) is 18.3 Å². The zero-order chi connectivity index (χ0) is 16.8. The lowest BCUT2D eigenvalue weighted by molar-refractivity contribution is -0.101. The van der Waals surface area contributed by atoms with Crippen molar-refractivity contribution in [2.75, 3.05) is 18.0 Å². The molecular formula is C14H12BrClF3N3O. The Morgan fingerprint density at radius 1 is 1.35 bits per heavy atom. The van der Waals surface area contributed by atoms with Crippen molar-refractivity contribution in [3.63, 3.8) is 0 Å². The van der Waals surface area contributed by atoms with E-state index < -0.39 is 17.8 Å². The molecule has 2 aromatic rings. The maximum absolute atomic E-state index is 14.2. The first-order valence-corrected chi connectivity index (χ1v) is 8.05. The number of piperidine rings is 1. The van der Waals surface area contributed by atoms with Gasteiger partial charge in [-0.2, -0.15) is 4.98 Å². The molecule has 0 bridgehead atoms. The summed E-state index contributed by atoms with van der Waals surface area (Å²) in [4.78, 5) is 9.44. The standard InChI is InChI=1S/C14H12BrClF3N3O/c15-8-3-2-7-10(9(8)17)20-13(16)21-11(7)22-5-1-4-14(23,6-22)12(18)19/h2-3,12,23H,1,4-6H2. The lowest BCUT2D eigenvalue weighted by Crippen LogP contribution is -2.53. The molecule has 0 aliphatic carbocycles. The molecule has 3 rings (SSSR count). The molecule has 0 spiro atoms. The zero-order valence-corrected chi connectivity index (χ0v) is 14.1. The van der Waals surface area contributed by atoms with Crippen molar-refractivity contribution in [1.29, 1.82) is 0 Å². The molecule has 1 aromatic carbocycles. The Labute approximate surface area is 143 Å². The third-order valence-corrected chi connectivity index (χ3v) is 4.70. The van der Waals surface area contributed by atoms with Gasteiger partial charge in [0, 0.05) is 11.9 Å². The number of aliphatic hydroxyl groups is 1. The van der Waals surface area contributed by atoms with Gasteiger partial charge in [-0.15, -0.1) is 0 Å². The van der Waals surface area contributed by atoms with Gasteiger partial charge in [-0.25, -0.2) is 18.2 Å². The molecule has 1 unspecified atom stereocenters. The average molecular weight is 411 g/mol. The van der Waals surface area contributed by atoms with Gasteiger partial charge in [0.1, 0.15) is 16.9 Å². The Balaban J connectivity index is 2.11. The minimum absolute atomic E-state index is 0.000496. The smallest absolute Gasteiger partial charge is 0.268 e. The Morgan fingerprint density at radius 3 is 2.78 bits per heavy atom. The fourth-order valence-electron chi connectivity index (χ4n) is 2.76. The van der Waals surface area contributed by atoms with E-state index in [1.165, 1.54) is 11.0 Å². The highest BCUT2D eigenvalue weighted by Gasteiger charge is 2.42. The van der Waals surface area contributed by atoms with E-state index in [2.05, 4.69) is 25.9 Å². The van der Waals surface area contributed by atoms with Crippen LogP contribution in [0.15, 0.2) is 16.6 Å². The van der Waals surface area contributed by atoms with Gasteiger partial charge in [0.2, 0.25) is 5.28 Å². The molecule has 1 aliphatic rings. The Kier molecular flexibility index (Phi) is 4.41. The van der Waals surface area contributed by atoms with Crippen LogP contribution in [0.4, 0.5) is 19.0 Å². The van der Waals surface area contributed by atoms with Gasteiger partial charge in [-0.3, -0.25) is 0 Å². The van der Waals surface area contributed by atoms with E-state index in [1.807, 2.05) is 0 Å². The maximum Gasteiger partial charge on any atom is 0.268 e. The Hall–Kier alpha value is -1.12. The summed E-state index contributed by atoms with van der Waals surface area (Å²) in [5.74, 6) is -0.362. The topological polar surface area (TPSA) is 49.2 Å². The lowest BCUT2D eigenvalue weighted by atomic mass is 9.93. The van der Waals surface area contributed by atoms with Gasteiger partial charge in [0.15, 0.2) is 5.82 Å².